The summed E-state index contributed by atoms with van der Waals surface area (Å²) in [7, 11) is 0. The number of amides is 2. The SMILES string of the molecule is CC(C)(C)c1ccc(C(=O)N(C(=O)OCc2ccccc2)[C@@H](Cc2ccc(O)cc2)C(=O)O)s1. The zero-order valence-corrected chi connectivity index (χ0v) is 20.0. The predicted octanol–water partition coefficient (Wildman–Crippen LogP) is 5.23. The number of carboxylic acids is 1. The van der Waals surface area contributed by atoms with Gasteiger partial charge in [0.25, 0.3) is 5.91 Å². The van der Waals surface area contributed by atoms with Crippen molar-refractivity contribution in [2.75, 3.05) is 0 Å². The summed E-state index contributed by atoms with van der Waals surface area (Å²) in [5, 5.41) is 19.5. The normalized spacial score (nSPS) is 12.1. The minimum absolute atomic E-state index is 0.0270. The number of carbonyl (C=O) groups is 3. The number of nitrogens with zero attached hydrogens (tertiary/aromatic N) is 1. The first-order chi connectivity index (χ1) is 16.1. The van der Waals surface area contributed by atoms with Crippen LogP contribution < -0.4 is 0 Å². The molecule has 2 N–H and O–H groups in total. The van der Waals surface area contributed by atoms with Crippen molar-refractivity contribution in [3.8, 4) is 5.75 Å². The molecule has 0 bridgehead atoms. The van der Waals surface area contributed by atoms with Crippen LogP contribution in [0.4, 0.5) is 4.79 Å². The molecular weight excluding hydrogens is 454 g/mol. The largest absolute Gasteiger partial charge is 0.508 e. The van der Waals surface area contributed by atoms with Crippen molar-refractivity contribution in [3.05, 3.63) is 87.6 Å². The van der Waals surface area contributed by atoms with E-state index in [-0.39, 0.29) is 29.1 Å². The number of aromatic hydroxyl groups is 1. The number of rotatable bonds is 7. The van der Waals surface area contributed by atoms with Gasteiger partial charge in [-0.3, -0.25) is 4.79 Å². The van der Waals surface area contributed by atoms with Crippen LogP contribution in [0, 0.1) is 0 Å². The molecule has 0 unspecified atom stereocenters. The fourth-order valence-corrected chi connectivity index (χ4v) is 4.26. The number of ether oxygens (including phenoxy) is 1. The van der Waals surface area contributed by atoms with Gasteiger partial charge in [0.1, 0.15) is 18.4 Å². The highest BCUT2D eigenvalue weighted by molar-refractivity contribution is 7.14. The number of hydrogen-bond acceptors (Lipinski definition) is 6. The molecule has 3 rings (SSSR count). The van der Waals surface area contributed by atoms with Gasteiger partial charge in [-0.1, -0.05) is 63.2 Å². The van der Waals surface area contributed by atoms with Gasteiger partial charge in [0.2, 0.25) is 0 Å². The third-order valence-corrected chi connectivity index (χ3v) is 6.64. The first-order valence-electron chi connectivity index (χ1n) is 10.7. The molecule has 0 saturated carbocycles. The number of carboxylic acid groups (broad SMARTS) is 1. The Morgan fingerprint density at radius 2 is 1.59 bits per heavy atom. The summed E-state index contributed by atoms with van der Waals surface area (Å²) in [6.07, 6.45) is -1.18. The van der Waals surface area contributed by atoms with Crippen LogP contribution >= 0.6 is 11.3 Å². The number of imide groups is 1. The molecule has 0 radical (unpaired) electrons. The maximum atomic E-state index is 13.5. The third kappa shape index (κ3) is 6.23. The topological polar surface area (TPSA) is 104 Å². The van der Waals surface area contributed by atoms with Crippen molar-refractivity contribution < 1.29 is 29.3 Å². The lowest BCUT2D eigenvalue weighted by Gasteiger charge is -2.26. The Morgan fingerprint density at radius 1 is 0.941 bits per heavy atom. The molecule has 0 saturated heterocycles. The van der Waals surface area contributed by atoms with E-state index in [2.05, 4.69) is 0 Å². The number of hydrogen-bond donors (Lipinski definition) is 2. The lowest BCUT2D eigenvalue weighted by Crippen LogP contribution is -2.49. The summed E-state index contributed by atoms with van der Waals surface area (Å²) >= 11 is 1.22. The molecule has 0 aliphatic rings. The Bertz CT molecular complexity index is 1150. The molecule has 0 spiro atoms. The Labute approximate surface area is 202 Å². The van der Waals surface area contributed by atoms with Crippen LogP contribution in [0.2, 0.25) is 0 Å². The van der Waals surface area contributed by atoms with E-state index in [4.69, 9.17) is 4.74 Å². The van der Waals surface area contributed by atoms with Crippen LogP contribution in [-0.4, -0.2) is 39.1 Å². The summed E-state index contributed by atoms with van der Waals surface area (Å²) in [5.41, 5.74) is 1.04. The molecule has 8 heteroatoms. The van der Waals surface area contributed by atoms with Crippen molar-refractivity contribution >= 4 is 29.3 Å². The van der Waals surface area contributed by atoms with E-state index in [1.54, 1.807) is 48.5 Å². The van der Waals surface area contributed by atoms with Crippen LogP contribution in [0.3, 0.4) is 0 Å². The molecule has 2 aromatic carbocycles. The molecule has 178 valence electrons. The van der Waals surface area contributed by atoms with Gasteiger partial charge >= 0.3 is 12.1 Å². The standard InChI is InChI=1S/C26H27NO6S/c1-26(2,3)22-14-13-21(34-22)23(29)27(25(32)33-16-18-7-5-4-6-8-18)20(24(30)31)15-17-9-11-19(28)12-10-17/h4-14,20,28H,15-16H2,1-3H3,(H,30,31)/t20-/m0/s1. The van der Waals surface area contributed by atoms with E-state index in [9.17, 15) is 24.6 Å². The van der Waals surface area contributed by atoms with Gasteiger partial charge in [-0.05, 0) is 40.8 Å². The van der Waals surface area contributed by atoms with Gasteiger partial charge in [-0.15, -0.1) is 11.3 Å². The number of phenols is 1. The lowest BCUT2D eigenvalue weighted by atomic mass is 9.95. The monoisotopic (exact) mass is 481 g/mol. The zero-order valence-electron chi connectivity index (χ0n) is 19.2. The summed E-state index contributed by atoms with van der Waals surface area (Å²) in [4.78, 5) is 40.7. The maximum Gasteiger partial charge on any atom is 0.417 e. The summed E-state index contributed by atoms with van der Waals surface area (Å²) in [6.45, 7) is 5.91. The summed E-state index contributed by atoms with van der Waals surface area (Å²) in [6, 6.07) is 16.8. The van der Waals surface area contributed by atoms with Gasteiger partial charge in [0.05, 0.1) is 4.88 Å². The molecule has 0 aliphatic carbocycles. The van der Waals surface area contributed by atoms with E-state index in [1.165, 1.54) is 23.5 Å². The Morgan fingerprint density at radius 3 is 2.15 bits per heavy atom. The smallest absolute Gasteiger partial charge is 0.417 e. The molecule has 34 heavy (non-hydrogen) atoms. The first-order valence-corrected chi connectivity index (χ1v) is 11.5. The van der Waals surface area contributed by atoms with Crippen LogP contribution in [-0.2, 0) is 28.0 Å². The van der Waals surface area contributed by atoms with Gasteiger partial charge in [-0.2, -0.15) is 0 Å². The second-order valence-corrected chi connectivity index (χ2v) is 9.94. The number of aliphatic carboxylic acids is 1. The number of benzene rings is 2. The molecule has 2 amide bonds. The van der Waals surface area contributed by atoms with Crippen molar-refractivity contribution in [2.45, 2.75) is 45.3 Å². The van der Waals surface area contributed by atoms with Crippen molar-refractivity contribution in [3.63, 3.8) is 0 Å². The highest BCUT2D eigenvalue weighted by Crippen LogP contribution is 2.31. The zero-order chi connectivity index (χ0) is 24.9. The molecule has 1 aromatic heterocycles. The maximum absolute atomic E-state index is 13.5. The fourth-order valence-electron chi connectivity index (χ4n) is 3.26. The quantitative estimate of drug-likeness (QED) is 0.479. The second kappa shape index (κ2) is 10.5. The summed E-state index contributed by atoms with van der Waals surface area (Å²) in [5.74, 6) is -2.05. The Balaban J connectivity index is 1.93. The molecule has 0 fully saturated rings. The lowest BCUT2D eigenvalue weighted by molar-refractivity contribution is -0.142. The summed E-state index contributed by atoms with van der Waals surface area (Å²) < 4.78 is 5.36. The number of thiophene rings is 1. The van der Waals surface area contributed by atoms with Gasteiger partial charge in [0.15, 0.2) is 0 Å². The highest BCUT2D eigenvalue weighted by Gasteiger charge is 2.38. The third-order valence-electron chi connectivity index (χ3n) is 5.14. The van der Waals surface area contributed by atoms with Gasteiger partial charge in [-0.25, -0.2) is 14.5 Å². The van der Waals surface area contributed by atoms with E-state index in [0.717, 1.165) is 4.88 Å². The first kappa shape index (κ1) is 25.0. The van der Waals surface area contributed by atoms with Crippen LogP contribution in [0.1, 0.15) is 46.4 Å². The van der Waals surface area contributed by atoms with E-state index >= 15 is 0 Å². The van der Waals surface area contributed by atoms with Crippen molar-refractivity contribution in [1.82, 2.24) is 4.90 Å². The van der Waals surface area contributed by atoms with E-state index in [1.807, 2.05) is 26.8 Å². The number of carbonyl (C=O) groups excluding carboxylic acids is 2. The van der Waals surface area contributed by atoms with Crippen molar-refractivity contribution in [2.24, 2.45) is 0 Å². The predicted molar refractivity (Wildman–Crippen MR) is 129 cm³/mol. The average molecular weight is 482 g/mol. The molecule has 3 aromatic rings. The second-order valence-electron chi connectivity index (χ2n) is 8.85. The molecular formula is C26H27NO6S. The Kier molecular flexibility index (Phi) is 7.73. The van der Waals surface area contributed by atoms with Crippen LogP contribution in [0.5, 0.6) is 5.75 Å². The van der Waals surface area contributed by atoms with E-state index < -0.39 is 24.0 Å². The van der Waals surface area contributed by atoms with Crippen molar-refractivity contribution in [1.29, 1.82) is 0 Å². The van der Waals surface area contributed by atoms with Crippen LogP contribution in [0.25, 0.3) is 0 Å². The van der Waals surface area contributed by atoms with Gasteiger partial charge < -0.3 is 14.9 Å². The van der Waals surface area contributed by atoms with E-state index in [0.29, 0.717) is 16.0 Å². The van der Waals surface area contributed by atoms with Gasteiger partial charge in [0, 0.05) is 11.3 Å². The van der Waals surface area contributed by atoms with Crippen LogP contribution in [0.15, 0.2) is 66.7 Å². The molecule has 1 heterocycles. The minimum atomic E-state index is -1.50. The Hall–Kier alpha value is -3.65. The number of phenolic OH excluding ortho intramolecular Hbond substituents is 1. The minimum Gasteiger partial charge on any atom is -0.508 e. The molecule has 1 atom stereocenters. The highest BCUT2D eigenvalue weighted by atomic mass is 32.1. The molecule has 7 nitrogen and oxygen atoms in total. The molecule has 0 aliphatic heterocycles. The average Bonchev–Trinajstić information content (AvgIpc) is 3.30. The fraction of sp³-hybridized carbons (Fsp3) is 0.269.